The van der Waals surface area contributed by atoms with Crippen molar-refractivity contribution in [1.29, 1.82) is 0 Å². The van der Waals surface area contributed by atoms with Crippen LogP contribution in [0.15, 0.2) is 42.6 Å². The Balaban J connectivity index is 1.45. The fourth-order valence-electron chi connectivity index (χ4n) is 4.63. The SMILES string of the molecule is CCOC(=O)c1c(NC(=O)Cn2nc(C)c3c(-c4ccccc4)ccnc32)sc2c1CCCC2. The molecule has 0 aliphatic heterocycles. The van der Waals surface area contributed by atoms with E-state index < -0.39 is 0 Å². The van der Waals surface area contributed by atoms with Crippen LogP contribution in [-0.4, -0.2) is 33.2 Å². The van der Waals surface area contributed by atoms with Crippen molar-refractivity contribution < 1.29 is 14.3 Å². The van der Waals surface area contributed by atoms with Crippen LogP contribution >= 0.6 is 11.3 Å². The molecule has 7 nitrogen and oxygen atoms in total. The number of aryl methyl sites for hydroxylation is 2. The minimum atomic E-state index is -0.369. The summed E-state index contributed by atoms with van der Waals surface area (Å²) >= 11 is 1.49. The second kappa shape index (κ2) is 9.38. The monoisotopic (exact) mass is 474 g/mol. The van der Waals surface area contributed by atoms with E-state index in [9.17, 15) is 9.59 Å². The van der Waals surface area contributed by atoms with Crippen LogP contribution in [0.5, 0.6) is 0 Å². The fraction of sp³-hybridized carbons (Fsp3) is 0.308. The predicted molar refractivity (Wildman–Crippen MR) is 133 cm³/mol. The van der Waals surface area contributed by atoms with Crippen molar-refractivity contribution in [2.45, 2.75) is 46.1 Å². The van der Waals surface area contributed by atoms with Crippen molar-refractivity contribution >= 4 is 39.2 Å². The lowest BCUT2D eigenvalue weighted by molar-refractivity contribution is -0.116. The van der Waals surface area contributed by atoms with Gasteiger partial charge in [0.2, 0.25) is 5.91 Å². The first kappa shape index (κ1) is 22.3. The number of carbonyl (C=O) groups excluding carboxylic acids is 2. The van der Waals surface area contributed by atoms with Crippen molar-refractivity contribution in [2.24, 2.45) is 0 Å². The zero-order chi connectivity index (χ0) is 23.7. The summed E-state index contributed by atoms with van der Waals surface area (Å²) in [5, 5.41) is 9.08. The maximum Gasteiger partial charge on any atom is 0.341 e. The zero-order valence-electron chi connectivity index (χ0n) is 19.3. The summed E-state index contributed by atoms with van der Waals surface area (Å²) in [6.45, 7) is 4.01. The standard InChI is InChI=1S/C26H26N4O3S/c1-3-33-26(32)23-19-11-7-8-12-20(19)34-25(23)28-21(31)15-30-24-22(16(2)29-30)18(13-14-27-24)17-9-5-4-6-10-17/h4-6,9-10,13-14H,3,7-8,11-12,15H2,1-2H3,(H,28,31). The Kier molecular flexibility index (Phi) is 6.15. The Morgan fingerprint density at radius 2 is 1.94 bits per heavy atom. The van der Waals surface area contributed by atoms with Gasteiger partial charge in [0.25, 0.3) is 0 Å². The number of benzene rings is 1. The second-order valence-corrected chi connectivity index (χ2v) is 9.46. The lowest BCUT2D eigenvalue weighted by atomic mass is 9.95. The molecule has 0 spiro atoms. The van der Waals surface area contributed by atoms with Gasteiger partial charge in [-0.25, -0.2) is 14.5 Å². The smallest absolute Gasteiger partial charge is 0.341 e. The molecule has 0 fully saturated rings. The lowest BCUT2D eigenvalue weighted by Gasteiger charge is -2.12. The lowest BCUT2D eigenvalue weighted by Crippen LogP contribution is -2.21. The first-order chi connectivity index (χ1) is 16.6. The summed E-state index contributed by atoms with van der Waals surface area (Å²) in [5.74, 6) is -0.618. The number of esters is 1. The maximum atomic E-state index is 13.1. The van der Waals surface area contributed by atoms with E-state index in [4.69, 9.17) is 4.74 Å². The Morgan fingerprint density at radius 1 is 1.15 bits per heavy atom. The molecule has 174 valence electrons. The maximum absolute atomic E-state index is 13.1. The zero-order valence-corrected chi connectivity index (χ0v) is 20.1. The van der Waals surface area contributed by atoms with Gasteiger partial charge in [-0.15, -0.1) is 11.3 Å². The summed E-state index contributed by atoms with van der Waals surface area (Å²) < 4.78 is 6.93. The van der Waals surface area contributed by atoms with E-state index in [-0.39, 0.29) is 18.4 Å². The normalized spacial score (nSPS) is 13.0. The number of hydrogen-bond acceptors (Lipinski definition) is 6. The van der Waals surface area contributed by atoms with Crippen LogP contribution in [0.4, 0.5) is 5.00 Å². The van der Waals surface area contributed by atoms with Gasteiger partial charge in [-0.3, -0.25) is 4.79 Å². The number of aromatic nitrogens is 3. The molecule has 1 aliphatic carbocycles. The number of fused-ring (bicyclic) bond motifs is 2. The Bertz CT molecular complexity index is 1370. The van der Waals surface area contributed by atoms with Crippen molar-refractivity contribution in [1.82, 2.24) is 14.8 Å². The number of anilines is 1. The molecule has 3 aromatic heterocycles. The average molecular weight is 475 g/mol. The molecule has 1 N–H and O–H groups in total. The molecule has 0 atom stereocenters. The van der Waals surface area contributed by atoms with Crippen molar-refractivity contribution in [3.8, 4) is 11.1 Å². The van der Waals surface area contributed by atoms with E-state index >= 15 is 0 Å². The Labute approximate surface area is 201 Å². The van der Waals surface area contributed by atoms with E-state index in [1.165, 1.54) is 16.2 Å². The van der Waals surface area contributed by atoms with Crippen molar-refractivity contribution in [3.05, 3.63) is 64.3 Å². The highest BCUT2D eigenvalue weighted by Gasteiger charge is 2.27. The number of nitrogens with one attached hydrogen (secondary N) is 1. The fourth-order valence-corrected chi connectivity index (χ4v) is 5.92. The number of thiophene rings is 1. The molecule has 1 aliphatic rings. The average Bonchev–Trinajstić information content (AvgIpc) is 3.36. The first-order valence-corrected chi connectivity index (χ1v) is 12.4. The third-order valence-electron chi connectivity index (χ3n) is 6.09. The molecule has 1 aromatic carbocycles. The van der Waals surface area contributed by atoms with Gasteiger partial charge >= 0.3 is 5.97 Å². The summed E-state index contributed by atoms with van der Waals surface area (Å²) in [6.07, 6.45) is 5.64. The van der Waals surface area contributed by atoms with E-state index in [0.717, 1.165) is 53.5 Å². The largest absolute Gasteiger partial charge is 0.462 e. The Morgan fingerprint density at radius 3 is 2.74 bits per heavy atom. The highest BCUT2D eigenvalue weighted by atomic mass is 32.1. The highest BCUT2D eigenvalue weighted by Crippen LogP contribution is 2.38. The van der Waals surface area contributed by atoms with Crippen LogP contribution < -0.4 is 5.32 Å². The third kappa shape index (κ3) is 4.09. The molecule has 3 heterocycles. The molecule has 0 saturated heterocycles. The third-order valence-corrected chi connectivity index (χ3v) is 7.30. The summed E-state index contributed by atoms with van der Waals surface area (Å²) in [6, 6.07) is 12.0. The van der Waals surface area contributed by atoms with Crippen molar-refractivity contribution in [2.75, 3.05) is 11.9 Å². The molecule has 34 heavy (non-hydrogen) atoms. The molecule has 5 rings (SSSR count). The topological polar surface area (TPSA) is 86.1 Å². The minimum Gasteiger partial charge on any atom is -0.462 e. The van der Waals surface area contributed by atoms with Crippen LogP contribution in [0, 0.1) is 6.92 Å². The second-order valence-electron chi connectivity index (χ2n) is 8.35. The molecule has 0 unspecified atom stereocenters. The first-order valence-electron chi connectivity index (χ1n) is 11.6. The van der Waals surface area contributed by atoms with Crippen LogP contribution in [0.2, 0.25) is 0 Å². The van der Waals surface area contributed by atoms with Crippen LogP contribution in [0.1, 0.15) is 46.3 Å². The molecule has 0 saturated carbocycles. The van der Waals surface area contributed by atoms with Crippen LogP contribution in [0.3, 0.4) is 0 Å². The predicted octanol–water partition coefficient (Wildman–Crippen LogP) is 5.16. The highest BCUT2D eigenvalue weighted by molar-refractivity contribution is 7.17. The molecule has 0 bridgehead atoms. The molecule has 1 amide bonds. The van der Waals surface area contributed by atoms with Crippen LogP contribution in [0.25, 0.3) is 22.2 Å². The van der Waals surface area contributed by atoms with Crippen LogP contribution in [-0.2, 0) is 28.9 Å². The van der Waals surface area contributed by atoms with E-state index in [1.54, 1.807) is 17.8 Å². The molecular formula is C26H26N4O3S. The minimum absolute atomic E-state index is 0.000412. The van der Waals surface area contributed by atoms with E-state index in [0.29, 0.717) is 22.8 Å². The van der Waals surface area contributed by atoms with Gasteiger partial charge in [0.05, 0.1) is 17.9 Å². The molecular weight excluding hydrogens is 448 g/mol. The van der Waals surface area contributed by atoms with Gasteiger partial charge in [0.15, 0.2) is 5.65 Å². The number of nitrogens with zero attached hydrogens (tertiary/aromatic N) is 3. The van der Waals surface area contributed by atoms with Gasteiger partial charge < -0.3 is 10.1 Å². The van der Waals surface area contributed by atoms with Gasteiger partial charge in [0.1, 0.15) is 11.5 Å². The summed E-state index contributed by atoms with van der Waals surface area (Å²) in [7, 11) is 0. The number of carbonyl (C=O) groups is 2. The number of pyridine rings is 1. The molecule has 4 aromatic rings. The van der Waals surface area contributed by atoms with Gasteiger partial charge in [-0.05, 0) is 62.3 Å². The quantitative estimate of drug-likeness (QED) is 0.390. The Hall–Kier alpha value is -3.52. The molecule has 8 heteroatoms. The van der Waals surface area contributed by atoms with E-state index in [2.05, 4.69) is 15.4 Å². The van der Waals surface area contributed by atoms with Gasteiger partial charge in [-0.2, -0.15) is 5.10 Å². The van der Waals surface area contributed by atoms with Gasteiger partial charge in [0, 0.05) is 16.5 Å². The number of amides is 1. The van der Waals surface area contributed by atoms with Gasteiger partial charge in [-0.1, -0.05) is 30.3 Å². The van der Waals surface area contributed by atoms with Crippen molar-refractivity contribution in [3.63, 3.8) is 0 Å². The molecule has 0 radical (unpaired) electrons. The number of hydrogen-bond donors (Lipinski definition) is 1. The number of rotatable bonds is 6. The number of ether oxygens (including phenoxy) is 1. The summed E-state index contributed by atoms with van der Waals surface area (Å²) in [5.41, 5.74) is 5.12. The summed E-state index contributed by atoms with van der Waals surface area (Å²) in [4.78, 5) is 31.5. The van der Waals surface area contributed by atoms with E-state index in [1.807, 2.05) is 43.3 Å².